The Morgan fingerprint density at radius 1 is 1.08 bits per heavy atom. The molecule has 0 radical (unpaired) electrons. The molecule has 6 nitrogen and oxygen atoms in total. The van der Waals surface area contributed by atoms with Gasteiger partial charge in [-0.25, -0.2) is 4.98 Å². The third kappa shape index (κ3) is 3.52. The van der Waals surface area contributed by atoms with Crippen molar-refractivity contribution in [3.05, 3.63) is 41.4 Å². The van der Waals surface area contributed by atoms with Crippen molar-refractivity contribution >= 4 is 0 Å². The molecule has 6 heteroatoms. The molecule has 25 heavy (non-hydrogen) atoms. The largest absolute Gasteiger partial charge is 0.465 e. The smallest absolute Gasteiger partial charge is 0.126 e. The lowest BCUT2D eigenvalue weighted by Crippen LogP contribution is -2.44. The van der Waals surface area contributed by atoms with Gasteiger partial charge in [-0.05, 0) is 33.0 Å². The standard InChI is InChI=1S/C19H29N5O/c1-15-4-5-18(25-15)14-23-10-11-24-17(12-20-19(24)16(23)2)13-22-8-6-21(3)7-9-22/h4-5,12,16H,6-11,13-14H2,1-3H3/t16-/m1/s1. The van der Waals surface area contributed by atoms with Gasteiger partial charge in [0.1, 0.15) is 17.3 Å². The number of furan rings is 1. The SMILES string of the molecule is Cc1ccc(CN2CCn3c(CN4CCN(C)CC4)cnc3[C@H]2C)o1. The van der Waals surface area contributed by atoms with E-state index in [0.29, 0.717) is 6.04 Å². The molecule has 4 rings (SSSR count). The van der Waals surface area contributed by atoms with Crippen LogP contribution in [0.1, 0.15) is 36.0 Å². The number of nitrogens with zero attached hydrogens (tertiary/aromatic N) is 5. The van der Waals surface area contributed by atoms with Crippen LogP contribution in [-0.4, -0.2) is 64.0 Å². The molecule has 0 aromatic carbocycles. The van der Waals surface area contributed by atoms with Gasteiger partial charge in [0.05, 0.1) is 18.3 Å². The van der Waals surface area contributed by atoms with E-state index in [1.54, 1.807) is 0 Å². The third-order valence-electron chi connectivity index (χ3n) is 5.64. The summed E-state index contributed by atoms with van der Waals surface area (Å²) in [7, 11) is 2.20. The van der Waals surface area contributed by atoms with Gasteiger partial charge in [-0.3, -0.25) is 9.80 Å². The minimum Gasteiger partial charge on any atom is -0.465 e. The number of hydrogen-bond acceptors (Lipinski definition) is 5. The average molecular weight is 343 g/mol. The van der Waals surface area contributed by atoms with Gasteiger partial charge >= 0.3 is 0 Å². The van der Waals surface area contributed by atoms with Crippen molar-refractivity contribution < 1.29 is 4.42 Å². The molecule has 0 N–H and O–H groups in total. The maximum atomic E-state index is 5.76. The first kappa shape index (κ1) is 16.8. The summed E-state index contributed by atoms with van der Waals surface area (Å²) in [6.45, 7) is 12.8. The highest BCUT2D eigenvalue weighted by atomic mass is 16.3. The van der Waals surface area contributed by atoms with Crippen molar-refractivity contribution in [2.45, 2.75) is 39.5 Å². The fourth-order valence-electron chi connectivity index (χ4n) is 3.95. The van der Waals surface area contributed by atoms with Crippen molar-refractivity contribution in [1.29, 1.82) is 0 Å². The summed E-state index contributed by atoms with van der Waals surface area (Å²) in [5.41, 5.74) is 1.36. The summed E-state index contributed by atoms with van der Waals surface area (Å²) in [6, 6.07) is 4.45. The maximum absolute atomic E-state index is 5.76. The zero-order valence-corrected chi connectivity index (χ0v) is 15.6. The zero-order valence-electron chi connectivity index (χ0n) is 15.6. The van der Waals surface area contributed by atoms with Crippen molar-refractivity contribution in [1.82, 2.24) is 24.3 Å². The van der Waals surface area contributed by atoms with E-state index in [9.17, 15) is 0 Å². The molecule has 2 aliphatic heterocycles. The number of fused-ring (bicyclic) bond motifs is 1. The number of aryl methyl sites for hydroxylation is 1. The number of aromatic nitrogens is 2. The average Bonchev–Trinajstić information content (AvgIpc) is 3.19. The van der Waals surface area contributed by atoms with E-state index in [4.69, 9.17) is 9.40 Å². The summed E-state index contributed by atoms with van der Waals surface area (Å²) >= 11 is 0. The van der Waals surface area contributed by atoms with Gasteiger partial charge < -0.3 is 13.9 Å². The Balaban J connectivity index is 1.43. The Morgan fingerprint density at radius 3 is 2.60 bits per heavy atom. The van der Waals surface area contributed by atoms with Crippen LogP contribution in [0, 0.1) is 6.92 Å². The first-order chi connectivity index (χ1) is 12.1. The van der Waals surface area contributed by atoms with Crippen LogP contribution in [0.3, 0.4) is 0 Å². The monoisotopic (exact) mass is 343 g/mol. The predicted octanol–water partition coefficient (Wildman–Crippen LogP) is 2.11. The molecule has 2 aromatic heterocycles. The predicted molar refractivity (Wildman–Crippen MR) is 97.3 cm³/mol. The molecule has 0 amide bonds. The molecule has 136 valence electrons. The summed E-state index contributed by atoms with van der Waals surface area (Å²) in [5.74, 6) is 3.22. The van der Waals surface area contributed by atoms with Gasteiger partial charge in [0.2, 0.25) is 0 Å². The fraction of sp³-hybridized carbons (Fsp3) is 0.632. The maximum Gasteiger partial charge on any atom is 0.126 e. The third-order valence-corrected chi connectivity index (χ3v) is 5.64. The van der Waals surface area contributed by atoms with Crippen LogP contribution in [0.5, 0.6) is 0 Å². The van der Waals surface area contributed by atoms with Crippen molar-refractivity contribution in [2.75, 3.05) is 39.8 Å². The van der Waals surface area contributed by atoms with Gasteiger partial charge in [0, 0.05) is 52.0 Å². The fourth-order valence-corrected chi connectivity index (χ4v) is 3.95. The molecule has 0 spiro atoms. The van der Waals surface area contributed by atoms with E-state index in [2.05, 4.69) is 45.5 Å². The molecule has 4 heterocycles. The Labute approximate surface area is 150 Å². The number of rotatable bonds is 4. The quantitative estimate of drug-likeness (QED) is 0.850. The van der Waals surface area contributed by atoms with Crippen LogP contribution in [0.4, 0.5) is 0 Å². The summed E-state index contributed by atoms with van der Waals surface area (Å²) in [4.78, 5) is 12.2. The topological polar surface area (TPSA) is 40.7 Å². The second kappa shape index (κ2) is 6.94. The van der Waals surface area contributed by atoms with Crippen molar-refractivity contribution in [3.8, 4) is 0 Å². The van der Waals surface area contributed by atoms with E-state index in [1.807, 2.05) is 13.0 Å². The number of piperazine rings is 1. The molecule has 1 atom stereocenters. The summed E-state index contributed by atoms with van der Waals surface area (Å²) in [6.07, 6.45) is 2.09. The highest BCUT2D eigenvalue weighted by Crippen LogP contribution is 2.27. The van der Waals surface area contributed by atoms with Crippen LogP contribution in [0.25, 0.3) is 0 Å². The molecule has 2 aromatic rings. The molecule has 0 saturated carbocycles. The molecule has 2 aliphatic rings. The van der Waals surface area contributed by atoms with E-state index < -0.39 is 0 Å². The Bertz CT molecular complexity index is 713. The van der Waals surface area contributed by atoms with Crippen LogP contribution < -0.4 is 0 Å². The molecule has 0 bridgehead atoms. The van der Waals surface area contributed by atoms with E-state index >= 15 is 0 Å². The number of likely N-dealkylation sites (N-methyl/N-ethyl adjacent to an activating group) is 1. The summed E-state index contributed by atoms with van der Waals surface area (Å²) in [5, 5.41) is 0. The van der Waals surface area contributed by atoms with Crippen LogP contribution in [0.15, 0.2) is 22.7 Å². The highest BCUT2D eigenvalue weighted by molar-refractivity contribution is 5.12. The van der Waals surface area contributed by atoms with E-state index in [0.717, 1.165) is 63.9 Å². The minimum atomic E-state index is 0.320. The Morgan fingerprint density at radius 2 is 1.88 bits per heavy atom. The van der Waals surface area contributed by atoms with Gasteiger partial charge in [0.15, 0.2) is 0 Å². The first-order valence-electron chi connectivity index (χ1n) is 9.34. The molecule has 0 unspecified atom stereocenters. The van der Waals surface area contributed by atoms with Gasteiger partial charge in [-0.2, -0.15) is 0 Å². The number of hydrogen-bond donors (Lipinski definition) is 0. The Kier molecular flexibility index (Phi) is 4.67. The van der Waals surface area contributed by atoms with E-state index in [-0.39, 0.29) is 0 Å². The summed E-state index contributed by atoms with van der Waals surface area (Å²) < 4.78 is 8.19. The normalized spacial score (nSPS) is 23.1. The van der Waals surface area contributed by atoms with Crippen LogP contribution in [-0.2, 0) is 19.6 Å². The van der Waals surface area contributed by atoms with Gasteiger partial charge in [0.25, 0.3) is 0 Å². The second-order valence-electron chi connectivity index (χ2n) is 7.50. The highest BCUT2D eigenvalue weighted by Gasteiger charge is 2.28. The molecular formula is C19H29N5O. The van der Waals surface area contributed by atoms with Crippen molar-refractivity contribution in [2.24, 2.45) is 0 Å². The zero-order chi connectivity index (χ0) is 17.4. The molecule has 1 fully saturated rings. The van der Waals surface area contributed by atoms with Gasteiger partial charge in [-0.1, -0.05) is 0 Å². The lowest BCUT2D eigenvalue weighted by Gasteiger charge is -2.35. The van der Waals surface area contributed by atoms with Crippen LogP contribution in [0.2, 0.25) is 0 Å². The first-order valence-corrected chi connectivity index (χ1v) is 9.34. The van der Waals surface area contributed by atoms with Gasteiger partial charge in [-0.15, -0.1) is 0 Å². The second-order valence-corrected chi connectivity index (χ2v) is 7.50. The van der Waals surface area contributed by atoms with E-state index in [1.165, 1.54) is 11.5 Å². The Hall–Kier alpha value is -1.63. The molecular weight excluding hydrogens is 314 g/mol. The lowest BCUT2D eigenvalue weighted by atomic mass is 10.2. The molecule has 1 saturated heterocycles. The van der Waals surface area contributed by atoms with Crippen LogP contribution >= 0.6 is 0 Å². The minimum absolute atomic E-state index is 0.320. The van der Waals surface area contributed by atoms with Crippen molar-refractivity contribution in [3.63, 3.8) is 0 Å². The lowest BCUT2D eigenvalue weighted by molar-refractivity contribution is 0.132. The number of imidazole rings is 1. The molecule has 0 aliphatic carbocycles.